The van der Waals surface area contributed by atoms with E-state index in [1.807, 2.05) is 0 Å². The zero-order valence-electron chi connectivity index (χ0n) is 10.4. The maximum Gasteiger partial charge on any atom is 0.308 e. The Morgan fingerprint density at radius 2 is 1.88 bits per heavy atom. The summed E-state index contributed by atoms with van der Waals surface area (Å²) < 4.78 is 11.1. The van der Waals surface area contributed by atoms with Gasteiger partial charge in [0.25, 0.3) is 0 Å². The first kappa shape index (κ1) is 11.5. The highest BCUT2D eigenvalue weighted by Crippen LogP contribution is 2.40. The van der Waals surface area contributed by atoms with Gasteiger partial charge in [0.05, 0.1) is 24.7 Å². The van der Waals surface area contributed by atoms with Gasteiger partial charge >= 0.3 is 5.97 Å². The second-order valence-corrected chi connectivity index (χ2v) is 5.80. The second-order valence-electron chi connectivity index (χ2n) is 5.80. The van der Waals surface area contributed by atoms with Crippen molar-refractivity contribution in [2.75, 3.05) is 6.61 Å². The van der Waals surface area contributed by atoms with Gasteiger partial charge in [-0.25, -0.2) is 0 Å². The molecule has 96 valence electrons. The third kappa shape index (κ3) is 2.65. The summed E-state index contributed by atoms with van der Waals surface area (Å²) in [6, 6.07) is 0. The van der Waals surface area contributed by atoms with Crippen LogP contribution in [0.4, 0.5) is 0 Å². The minimum absolute atomic E-state index is 0.0486. The van der Waals surface area contributed by atoms with Gasteiger partial charge in [-0.2, -0.15) is 0 Å². The zero-order valence-corrected chi connectivity index (χ0v) is 10.4. The van der Waals surface area contributed by atoms with Crippen LogP contribution in [0.3, 0.4) is 0 Å². The average Bonchev–Trinajstić information content (AvgIpc) is 3.16. The summed E-state index contributed by atoms with van der Waals surface area (Å²) in [7, 11) is 0. The van der Waals surface area contributed by atoms with Gasteiger partial charge in [0.1, 0.15) is 0 Å². The standard InChI is InChI=1S/C14H22O3/c15-14(10-5-2-1-3-6-10)16-9-11-7-4-8-12-13(11)17-12/h10-13H,1-9H2. The first-order valence-electron chi connectivity index (χ1n) is 7.16. The Bertz CT molecular complexity index is 283. The highest BCUT2D eigenvalue weighted by atomic mass is 16.6. The molecule has 3 unspecified atom stereocenters. The maximum atomic E-state index is 11.9. The van der Waals surface area contributed by atoms with Crippen LogP contribution >= 0.6 is 0 Å². The molecule has 0 spiro atoms. The minimum Gasteiger partial charge on any atom is -0.465 e. The Hall–Kier alpha value is -0.570. The van der Waals surface area contributed by atoms with E-state index in [4.69, 9.17) is 9.47 Å². The normalized spacial score (nSPS) is 37.3. The molecule has 3 nitrogen and oxygen atoms in total. The van der Waals surface area contributed by atoms with Crippen molar-refractivity contribution in [3.8, 4) is 0 Å². The molecule has 3 atom stereocenters. The number of ether oxygens (including phenoxy) is 2. The van der Waals surface area contributed by atoms with Gasteiger partial charge in [-0.15, -0.1) is 0 Å². The van der Waals surface area contributed by atoms with Crippen molar-refractivity contribution < 1.29 is 14.3 Å². The number of fused-ring (bicyclic) bond motifs is 1. The Balaban J connectivity index is 1.42. The van der Waals surface area contributed by atoms with Gasteiger partial charge in [0.2, 0.25) is 0 Å². The largest absolute Gasteiger partial charge is 0.465 e. The molecule has 0 amide bonds. The van der Waals surface area contributed by atoms with Crippen molar-refractivity contribution in [1.82, 2.24) is 0 Å². The fourth-order valence-corrected chi connectivity index (χ4v) is 3.37. The molecule has 0 bridgehead atoms. The van der Waals surface area contributed by atoms with Crippen molar-refractivity contribution in [2.45, 2.75) is 63.6 Å². The number of esters is 1. The Kier molecular flexibility index (Phi) is 3.37. The van der Waals surface area contributed by atoms with Crippen LogP contribution in [0.25, 0.3) is 0 Å². The number of hydrogen-bond acceptors (Lipinski definition) is 3. The molecule has 3 fully saturated rings. The van der Waals surface area contributed by atoms with Gasteiger partial charge in [-0.05, 0) is 25.7 Å². The predicted molar refractivity (Wildman–Crippen MR) is 63.5 cm³/mol. The summed E-state index contributed by atoms with van der Waals surface area (Å²) in [6.07, 6.45) is 10.2. The summed E-state index contributed by atoms with van der Waals surface area (Å²) >= 11 is 0. The predicted octanol–water partition coefficient (Wildman–Crippen LogP) is 2.68. The first-order chi connectivity index (χ1) is 8.34. The first-order valence-corrected chi connectivity index (χ1v) is 7.16. The number of hydrogen-bond donors (Lipinski definition) is 0. The molecule has 0 N–H and O–H groups in total. The summed E-state index contributed by atoms with van der Waals surface area (Å²) in [5.74, 6) is 0.706. The summed E-state index contributed by atoms with van der Waals surface area (Å²) in [5, 5.41) is 0. The molecule has 0 aromatic carbocycles. The molecule has 3 aliphatic rings. The average molecular weight is 238 g/mol. The summed E-state index contributed by atoms with van der Waals surface area (Å²) in [5.41, 5.74) is 0. The molecule has 1 heterocycles. The lowest BCUT2D eigenvalue weighted by Crippen LogP contribution is -2.27. The smallest absolute Gasteiger partial charge is 0.308 e. The van der Waals surface area contributed by atoms with Crippen LogP contribution in [-0.2, 0) is 14.3 Å². The van der Waals surface area contributed by atoms with Crippen LogP contribution in [0, 0.1) is 11.8 Å². The zero-order chi connectivity index (χ0) is 11.7. The molecule has 0 aromatic rings. The molecule has 2 aliphatic carbocycles. The van der Waals surface area contributed by atoms with Crippen molar-refractivity contribution in [3.63, 3.8) is 0 Å². The second kappa shape index (κ2) is 4.97. The monoisotopic (exact) mass is 238 g/mol. The lowest BCUT2D eigenvalue weighted by atomic mass is 9.88. The van der Waals surface area contributed by atoms with E-state index in [0.29, 0.717) is 24.7 Å². The molecular weight excluding hydrogens is 216 g/mol. The fourth-order valence-electron chi connectivity index (χ4n) is 3.37. The SMILES string of the molecule is O=C(OCC1CCCC2OC12)C1CCCCC1. The van der Waals surface area contributed by atoms with Gasteiger partial charge in [0.15, 0.2) is 0 Å². The quantitative estimate of drug-likeness (QED) is 0.560. The van der Waals surface area contributed by atoms with E-state index in [1.54, 1.807) is 0 Å². The Labute approximate surface area is 103 Å². The third-order valence-corrected chi connectivity index (χ3v) is 4.53. The van der Waals surface area contributed by atoms with E-state index in [0.717, 1.165) is 12.8 Å². The van der Waals surface area contributed by atoms with Crippen LogP contribution in [0.5, 0.6) is 0 Å². The van der Waals surface area contributed by atoms with Crippen molar-refractivity contribution in [1.29, 1.82) is 0 Å². The van der Waals surface area contributed by atoms with Crippen LogP contribution in [0.2, 0.25) is 0 Å². The number of epoxide rings is 1. The van der Waals surface area contributed by atoms with E-state index in [-0.39, 0.29) is 11.9 Å². The van der Waals surface area contributed by atoms with Crippen molar-refractivity contribution in [2.24, 2.45) is 11.8 Å². The molecular formula is C14H22O3. The van der Waals surface area contributed by atoms with Crippen molar-refractivity contribution >= 4 is 5.97 Å². The fraction of sp³-hybridized carbons (Fsp3) is 0.929. The van der Waals surface area contributed by atoms with E-state index in [2.05, 4.69) is 0 Å². The number of rotatable bonds is 3. The van der Waals surface area contributed by atoms with Gasteiger partial charge in [-0.3, -0.25) is 4.79 Å². The van der Waals surface area contributed by atoms with Crippen LogP contribution in [0.15, 0.2) is 0 Å². The van der Waals surface area contributed by atoms with Crippen molar-refractivity contribution in [3.05, 3.63) is 0 Å². The Morgan fingerprint density at radius 1 is 1.06 bits per heavy atom. The molecule has 0 aromatic heterocycles. The van der Waals surface area contributed by atoms with Gasteiger partial charge < -0.3 is 9.47 Å². The number of carbonyl (C=O) groups is 1. The van der Waals surface area contributed by atoms with Crippen LogP contribution in [0.1, 0.15) is 51.4 Å². The summed E-state index contributed by atoms with van der Waals surface area (Å²) in [4.78, 5) is 11.9. The van der Waals surface area contributed by atoms with Crippen LogP contribution < -0.4 is 0 Å². The molecule has 1 saturated heterocycles. The molecule has 17 heavy (non-hydrogen) atoms. The van der Waals surface area contributed by atoms with Gasteiger partial charge in [0, 0.05) is 5.92 Å². The molecule has 3 heteroatoms. The van der Waals surface area contributed by atoms with E-state index < -0.39 is 0 Å². The number of carbonyl (C=O) groups excluding carboxylic acids is 1. The molecule has 1 aliphatic heterocycles. The highest BCUT2D eigenvalue weighted by Gasteiger charge is 2.47. The maximum absolute atomic E-state index is 11.9. The van der Waals surface area contributed by atoms with Gasteiger partial charge in [-0.1, -0.05) is 25.7 Å². The van der Waals surface area contributed by atoms with E-state index in [9.17, 15) is 4.79 Å². The minimum atomic E-state index is 0.0486. The molecule has 3 rings (SSSR count). The summed E-state index contributed by atoms with van der Waals surface area (Å²) in [6.45, 7) is 0.594. The molecule has 0 radical (unpaired) electrons. The van der Waals surface area contributed by atoms with E-state index in [1.165, 1.54) is 38.5 Å². The van der Waals surface area contributed by atoms with E-state index >= 15 is 0 Å². The lowest BCUT2D eigenvalue weighted by Gasteiger charge is -2.22. The topological polar surface area (TPSA) is 38.8 Å². The Morgan fingerprint density at radius 3 is 2.71 bits per heavy atom. The molecule has 2 saturated carbocycles. The lowest BCUT2D eigenvalue weighted by molar-refractivity contribution is -0.151. The highest BCUT2D eigenvalue weighted by molar-refractivity contribution is 5.72. The third-order valence-electron chi connectivity index (χ3n) is 4.53. The van der Waals surface area contributed by atoms with Crippen LogP contribution in [-0.4, -0.2) is 24.8 Å².